The van der Waals surface area contributed by atoms with Crippen LogP contribution in [-0.4, -0.2) is 35.7 Å². The molecule has 0 aliphatic carbocycles. The van der Waals surface area contributed by atoms with Gasteiger partial charge in [-0.2, -0.15) is 0 Å². The summed E-state index contributed by atoms with van der Waals surface area (Å²) in [5, 5.41) is 2.02. The Kier molecular flexibility index (Phi) is 5.99. The molecule has 2 aromatic carbocycles. The fraction of sp³-hybridized carbons (Fsp3) is 0.273. The van der Waals surface area contributed by atoms with E-state index in [9.17, 15) is 8.42 Å². The molecule has 3 aromatic rings. The van der Waals surface area contributed by atoms with Gasteiger partial charge in [0.1, 0.15) is 16.4 Å². The van der Waals surface area contributed by atoms with E-state index in [4.69, 9.17) is 9.47 Å². The molecule has 0 amide bonds. The maximum Gasteiger partial charge on any atom is 0.244 e. The molecule has 1 aliphatic heterocycles. The molecule has 1 N–H and O–H groups in total. The molecule has 0 radical (unpaired) electrons. The number of methoxy groups -OCH3 is 2. The molecule has 6 nitrogen and oxygen atoms in total. The van der Waals surface area contributed by atoms with Crippen molar-refractivity contribution in [3.63, 3.8) is 0 Å². The van der Waals surface area contributed by atoms with Crippen LogP contribution in [0.4, 0.5) is 5.69 Å². The summed E-state index contributed by atoms with van der Waals surface area (Å²) in [6.45, 7) is 1.10. The third-order valence-electron chi connectivity index (χ3n) is 5.30. The van der Waals surface area contributed by atoms with Gasteiger partial charge in [0.05, 0.1) is 20.3 Å². The molecule has 158 valence electrons. The quantitative estimate of drug-likeness (QED) is 0.572. The molecule has 8 heteroatoms. The molecule has 1 aromatic heterocycles. The van der Waals surface area contributed by atoms with Gasteiger partial charge in [0, 0.05) is 29.7 Å². The third kappa shape index (κ3) is 4.03. The fourth-order valence-electron chi connectivity index (χ4n) is 3.79. The smallest absolute Gasteiger partial charge is 0.244 e. The molecule has 1 atom stereocenters. The Morgan fingerprint density at radius 1 is 1.10 bits per heavy atom. The van der Waals surface area contributed by atoms with E-state index >= 15 is 0 Å². The molecule has 0 saturated carbocycles. The summed E-state index contributed by atoms with van der Waals surface area (Å²) < 4.78 is 39.6. The summed E-state index contributed by atoms with van der Waals surface area (Å²) in [7, 11) is -0.848. The lowest BCUT2D eigenvalue weighted by Crippen LogP contribution is -2.37. The second-order valence-electron chi connectivity index (χ2n) is 6.97. The molecule has 0 fully saturated rings. The number of hydrogen-bond acceptors (Lipinski definition) is 6. The number of anilines is 1. The van der Waals surface area contributed by atoms with Crippen molar-refractivity contribution in [2.75, 3.05) is 32.2 Å². The predicted octanol–water partition coefficient (Wildman–Crippen LogP) is 3.85. The highest BCUT2D eigenvalue weighted by Gasteiger charge is 2.30. The van der Waals surface area contributed by atoms with E-state index in [-0.39, 0.29) is 23.2 Å². The summed E-state index contributed by atoms with van der Waals surface area (Å²) in [4.78, 5) is 3.47. The van der Waals surface area contributed by atoms with Crippen molar-refractivity contribution in [1.82, 2.24) is 4.72 Å². The number of rotatable bonds is 8. The number of para-hydroxylation sites is 1. The van der Waals surface area contributed by atoms with Crippen LogP contribution in [0, 0.1) is 0 Å². The second kappa shape index (κ2) is 8.67. The number of ether oxygens (including phenoxy) is 2. The molecule has 30 heavy (non-hydrogen) atoms. The van der Waals surface area contributed by atoms with E-state index in [1.807, 2.05) is 23.6 Å². The number of nitrogens with one attached hydrogen (secondary N) is 1. The Labute approximate surface area is 181 Å². The van der Waals surface area contributed by atoms with E-state index in [0.29, 0.717) is 5.75 Å². The van der Waals surface area contributed by atoms with Gasteiger partial charge in [-0.15, -0.1) is 11.3 Å². The van der Waals surface area contributed by atoms with Crippen LogP contribution in [0.5, 0.6) is 11.5 Å². The molecule has 0 bridgehead atoms. The molecular formula is C22H24N2O4S2. The van der Waals surface area contributed by atoms with Crippen LogP contribution in [0.15, 0.2) is 64.9 Å². The Bertz CT molecular complexity index is 1110. The highest BCUT2D eigenvalue weighted by atomic mass is 32.2. The Morgan fingerprint density at radius 2 is 1.93 bits per heavy atom. The van der Waals surface area contributed by atoms with E-state index in [2.05, 4.69) is 27.8 Å². The Morgan fingerprint density at radius 3 is 2.67 bits per heavy atom. The van der Waals surface area contributed by atoms with Gasteiger partial charge < -0.3 is 14.4 Å². The molecular weight excluding hydrogens is 420 g/mol. The van der Waals surface area contributed by atoms with Gasteiger partial charge in [0.15, 0.2) is 0 Å². The van der Waals surface area contributed by atoms with Gasteiger partial charge in [-0.25, -0.2) is 13.1 Å². The minimum absolute atomic E-state index is 0.0658. The van der Waals surface area contributed by atoms with Crippen LogP contribution in [0.1, 0.15) is 16.5 Å². The summed E-state index contributed by atoms with van der Waals surface area (Å²) in [5.41, 5.74) is 2.45. The largest absolute Gasteiger partial charge is 0.497 e. The van der Waals surface area contributed by atoms with Crippen LogP contribution >= 0.6 is 11.3 Å². The third-order valence-corrected chi connectivity index (χ3v) is 7.72. The molecule has 0 saturated heterocycles. The van der Waals surface area contributed by atoms with E-state index in [1.54, 1.807) is 23.5 Å². The minimum atomic E-state index is -3.81. The summed E-state index contributed by atoms with van der Waals surface area (Å²) in [5.74, 6) is 0.738. The summed E-state index contributed by atoms with van der Waals surface area (Å²) in [6, 6.07) is 17.0. The predicted molar refractivity (Wildman–Crippen MR) is 119 cm³/mol. The molecule has 0 unspecified atom stereocenters. The van der Waals surface area contributed by atoms with Crippen molar-refractivity contribution < 1.29 is 17.9 Å². The van der Waals surface area contributed by atoms with Gasteiger partial charge in [-0.05, 0) is 41.6 Å². The Hall–Kier alpha value is -2.55. The fourth-order valence-corrected chi connectivity index (χ4v) is 5.85. The molecule has 0 spiro atoms. The highest BCUT2D eigenvalue weighted by Crippen LogP contribution is 2.36. The molecule has 4 rings (SSSR count). The van der Waals surface area contributed by atoms with Gasteiger partial charge in [0.25, 0.3) is 0 Å². The monoisotopic (exact) mass is 444 g/mol. The zero-order chi connectivity index (χ0) is 21.1. The maximum atomic E-state index is 13.2. The first-order chi connectivity index (χ1) is 14.5. The van der Waals surface area contributed by atoms with Gasteiger partial charge in [-0.3, -0.25) is 0 Å². The average Bonchev–Trinajstić information content (AvgIpc) is 3.44. The van der Waals surface area contributed by atoms with Crippen molar-refractivity contribution in [3.05, 3.63) is 70.4 Å². The standard InChI is InChI=1S/C22H24N2O4S2/c1-27-17-9-10-20(28-2)22(14-17)30(25,26)23-15-19(21-8-5-13-29-21)24-12-11-16-6-3-4-7-18(16)24/h3-10,13-14,19,23H,11-12,15H2,1-2H3/t19-/m0/s1. The number of sulfonamides is 1. The van der Waals surface area contributed by atoms with Crippen molar-refractivity contribution in [3.8, 4) is 11.5 Å². The van der Waals surface area contributed by atoms with Gasteiger partial charge in [-0.1, -0.05) is 24.3 Å². The van der Waals surface area contributed by atoms with E-state index in [0.717, 1.165) is 23.5 Å². The van der Waals surface area contributed by atoms with E-state index < -0.39 is 10.0 Å². The van der Waals surface area contributed by atoms with Crippen LogP contribution in [0.2, 0.25) is 0 Å². The molecule has 1 aliphatic rings. The van der Waals surface area contributed by atoms with Gasteiger partial charge in [0.2, 0.25) is 10.0 Å². The van der Waals surface area contributed by atoms with Crippen LogP contribution in [0.25, 0.3) is 0 Å². The average molecular weight is 445 g/mol. The lowest BCUT2D eigenvalue weighted by Gasteiger charge is -2.30. The van der Waals surface area contributed by atoms with E-state index in [1.165, 1.54) is 25.8 Å². The number of benzene rings is 2. The first-order valence-electron chi connectivity index (χ1n) is 9.63. The number of hydrogen-bond donors (Lipinski definition) is 1. The van der Waals surface area contributed by atoms with Gasteiger partial charge >= 0.3 is 0 Å². The zero-order valence-electron chi connectivity index (χ0n) is 16.9. The second-order valence-corrected chi connectivity index (χ2v) is 9.69. The zero-order valence-corrected chi connectivity index (χ0v) is 18.5. The number of nitrogens with zero attached hydrogens (tertiary/aromatic N) is 1. The lowest BCUT2D eigenvalue weighted by atomic mass is 10.1. The highest BCUT2D eigenvalue weighted by molar-refractivity contribution is 7.89. The topological polar surface area (TPSA) is 67.9 Å². The van der Waals surface area contributed by atoms with Crippen molar-refractivity contribution in [2.24, 2.45) is 0 Å². The first kappa shape index (κ1) is 20.7. The van der Waals surface area contributed by atoms with Crippen molar-refractivity contribution in [1.29, 1.82) is 0 Å². The summed E-state index contributed by atoms with van der Waals surface area (Å²) >= 11 is 1.63. The lowest BCUT2D eigenvalue weighted by molar-refractivity contribution is 0.392. The number of thiophene rings is 1. The normalized spacial score (nSPS) is 14.4. The van der Waals surface area contributed by atoms with Crippen molar-refractivity contribution >= 4 is 27.0 Å². The van der Waals surface area contributed by atoms with Crippen LogP contribution < -0.4 is 19.1 Å². The van der Waals surface area contributed by atoms with Crippen molar-refractivity contribution in [2.45, 2.75) is 17.4 Å². The van der Waals surface area contributed by atoms with Crippen LogP contribution in [-0.2, 0) is 16.4 Å². The Balaban J connectivity index is 1.63. The summed E-state index contributed by atoms with van der Waals surface area (Å²) in [6.07, 6.45) is 0.953. The SMILES string of the molecule is COc1ccc(OC)c(S(=O)(=O)NC[C@@H](c2cccs2)N2CCc3ccccc32)c1. The minimum Gasteiger partial charge on any atom is -0.497 e. The number of fused-ring (bicyclic) bond motifs is 1. The first-order valence-corrected chi connectivity index (χ1v) is 12.0. The van der Waals surface area contributed by atoms with Crippen LogP contribution in [0.3, 0.4) is 0 Å². The maximum absolute atomic E-state index is 13.2. The molecule has 2 heterocycles.